The molecule has 1 aromatic carbocycles. The van der Waals surface area contributed by atoms with Gasteiger partial charge in [0.15, 0.2) is 0 Å². The first-order valence-corrected chi connectivity index (χ1v) is 7.45. The summed E-state index contributed by atoms with van der Waals surface area (Å²) in [7, 11) is 0. The lowest BCUT2D eigenvalue weighted by Gasteiger charge is -2.18. The SMILES string of the molecule is IN1C[C@@H]2CN(CCc3ccccc3)C[C@@H]2C1. The quantitative estimate of drug-likeness (QED) is 0.615. The van der Waals surface area contributed by atoms with Gasteiger partial charge in [0.05, 0.1) is 0 Å². The number of hydrogen-bond donors (Lipinski definition) is 0. The topological polar surface area (TPSA) is 6.48 Å². The van der Waals surface area contributed by atoms with Gasteiger partial charge in [0.25, 0.3) is 0 Å². The van der Waals surface area contributed by atoms with Gasteiger partial charge in [0.2, 0.25) is 0 Å². The van der Waals surface area contributed by atoms with Crippen molar-refractivity contribution in [2.75, 3.05) is 32.7 Å². The first-order valence-electron chi connectivity index (χ1n) is 6.48. The standard InChI is InChI=1S/C14H19IN2/c15-17-10-13-8-16(9-14(13)11-17)7-6-12-4-2-1-3-5-12/h1-5,13-14H,6-11H2/t13-,14+. The third-order valence-electron chi connectivity index (χ3n) is 4.08. The summed E-state index contributed by atoms with van der Waals surface area (Å²) in [6, 6.07) is 10.9. The highest BCUT2D eigenvalue weighted by Gasteiger charge is 2.38. The second-order valence-corrected chi connectivity index (χ2v) is 6.71. The summed E-state index contributed by atoms with van der Waals surface area (Å²) in [6.07, 6.45) is 1.20. The molecule has 0 spiro atoms. The van der Waals surface area contributed by atoms with Crippen molar-refractivity contribution in [3.8, 4) is 0 Å². The Balaban J connectivity index is 1.49. The third kappa shape index (κ3) is 2.83. The fourth-order valence-electron chi connectivity index (χ4n) is 3.15. The zero-order valence-electron chi connectivity index (χ0n) is 10.1. The van der Waals surface area contributed by atoms with Crippen LogP contribution in [0, 0.1) is 11.8 Å². The maximum absolute atomic E-state index is 2.66. The van der Waals surface area contributed by atoms with Gasteiger partial charge in [-0.05, 0) is 23.8 Å². The van der Waals surface area contributed by atoms with Crippen LogP contribution < -0.4 is 0 Å². The summed E-state index contributed by atoms with van der Waals surface area (Å²) in [5, 5.41) is 0. The highest BCUT2D eigenvalue weighted by atomic mass is 127. The van der Waals surface area contributed by atoms with Crippen LogP contribution in [-0.4, -0.2) is 40.7 Å². The van der Waals surface area contributed by atoms with Crippen LogP contribution in [0.1, 0.15) is 5.56 Å². The van der Waals surface area contributed by atoms with Crippen molar-refractivity contribution < 1.29 is 0 Å². The van der Waals surface area contributed by atoms with E-state index in [2.05, 4.69) is 61.2 Å². The summed E-state index contributed by atoms with van der Waals surface area (Å²) in [6.45, 7) is 6.46. The van der Waals surface area contributed by atoms with Gasteiger partial charge in [-0.1, -0.05) is 30.3 Å². The van der Waals surface area contributed by atoms with E-state index in [0.29, 0.717) is 0 Å². The fourth-order valence-corrected chi connectivity index (χ4v) is 4.16. The Bertz CT molecular complexity index is 354. The molecule has 92 valence electrons. The predicted molar refractivity (Wildman–Crippen MR) is 79.2 cm³/mol. The minimum atomic E-state index is 0.933. The lowest BCUT2D eigenvalue weighted by Crippen LogP contribution is -2.27. The van der Waals surface area contributed by atoms with Crippen LogP contribution in [0.2, 0.25) is 0 Å². The molecule has 17 heavy (non-hydrogen) atoms. The van der Waals surface area contributed by atoms with Crippen molar-refractivity contribution in [3.63, 3.8) is 0 Å². The number of benzene rings is 1. The van der Waals surface area contributed by atoms with Crippen LogP contribution in [-0.2, 0) is 6.42 Å². The second-order valence-electron chi connectivity index (χ2n) is 5.34. The van der Waals surface area contributed by atoms with E-state index in [0.717, 1.165) is 11.8 Å². The molecule has 0 N–H and O–H groups in total. The van der Waals surface area contributed by atoms with Crippen LogP contribution in [0.15, 0.2) is 30.3 Å². The van der Waals surface area contributed by atoms with E-state index in [1.807, 2.05) is 0 Å². The van der Waals surface area contributed by atoms with Crippen molar-refractivity contribution in [1.29, 1.82) is 0 Å². The van der Waals surface area contributed by atoms with E-state index in [-0.39, 0.29) is 0 Å². The van der Waals surface area contributed by atoms with E-state index < -0.39 is 0 Å². The van der Waals surface area contributed by atoms with Gasteiger partial charge in [0.1, 0.15) is 0 Å². The summed E-state index contributed by atoms with van der Waals surface area (Å²) in [4.78, 5) is 2.66. The zero-order valence-corrected chi connectivity index (χ0v) is 12.2. The molecule has 2 aliphatic rings. The van der Waals surface area contributed by atoms with Gasteiger partial charge in [-0.2, -0.15) is 0 Å². The molecule has 0 saturated carbocycles. The molecule has 3 rings (SSSR count). The van der Waals surface area contributed by atoms with Gasteiger partial charge in [0, 0.05) is 55.6 Å². The molecule has 3 heteroatoms. The van der Waals surface area contributed by atoms with Crippen molar-refractivity contribution in [3.05, 3.63) is 35.9 Å². The average molecular weight is 342 g/mol. The third-order valence-corrected chi connectivity index (χ3v) is 4.86. The maximum atomic E-state index is 2.66. The van der Waals surface area contributed by atoms with E-state index in [4.69, 9.17) is 0 Å². The number of rotatable bonds is 3. The largest absolute Gasteiger partial charge is 0.302 e. The summed E-state index contributed by atoms with van der Waals surface area (Å²) >= 11 is 2.47. The van der Waals surface area contributed by atoms with E-state index in [9.17, 15) is 0 Å². The summed E-state index contributed by atoms with van der Waals surface area (Å²) in [5.41, 5.74) is 1.47. The monoisotopic (exact) mass is 342 g/mol. The van der Waals surface area contributed by atoms with Gasteiger partial charge >= 0.3 is 0 Å². The molecular weight excluding hydrogens is 323 g/mol. The molecule has 2 atom stereocenters. The molecule has 0 radical (unpaired) electrons. The van der Waals surface area contributed by atoms with Crippen molar-refractivity contribution in [2.24, 2.45) is 11.8 Å². The number of hydrogen-bond acceptors (Lipinski definition) is 2. The summed E-state index contributed by atoms with van der Waals surface area (Å²) < 4.78 is 2.46. The normalized spacial score (nSPS) is 29.7. The predicted octanol–water partition coefficient (Wildman–Crippen LogP) is 2.44. The van der Waals surface area contributed by atoms with Gasteiger partial charge in [-0.25, -0.2) is 3.11 Å². The number of likely N-dealkylation sites (tertiary alicyclic amines) is 1. The highest BCUT2D eigenvalue weighted by molar-refractivity contribution is 14.1. The molecular formula is C14H19IN2. The molecule has 0 unspecified atom stereocenters. The molecule has 2 saturated heterocycles. The molecule has 0 aromatic heterocycles. The maximum Gasteiger partial charge on any atom is 0.0201 e. The first-order chi connectivity index (χ1) is 8.31. The lowest BCUT2D eigenvalue weighted by molar-refractivity contribution is 0.308. The molecule has 0 amide bonds. The van der Waals surface area contributed by atoms with Crippen molar-refractivity contribution in [1.82, 2.24) is 8.01 Å². The Morgan fingerprint density at radius 3 is 2.29 bits per heavy atom. The highest BCUT2D eigenvalue weighted by Crippen LogP contribution is 2.32. The van der Waals surface area contributed by atoms with Crippen LogP contribution >= 0.6 is 22.9 Å². The minimum Gasteiger partial charge on any atom is -0.302 e. The molecule has 0 bridgehead atoms. The van der Waals surface area contributed by atoms with Gasteiger partial charge in [-0.3, -0.25) is 0 Å². The Morgan fingerprint density at radius 1 is 1.00 bits per heavy atom. The smallest absolute Gasteiger partial charge is 0.0201 e. The molecule has 2 heterocycles. The molecule has 0 aliphatic carbocycles. The Hall–Kier alpha value is -0.130. The van der Waals surface area contributed by atoms with Crippen molar-refractivity contribution >= 4 is 22.9 Å². The zero-order chi connectivity index (χ0) is 11.7. The van der Waals surface area contributed by atoms with E-state index in [1.54, 1.807) is 0 Å². The van der Waals surface area contributed by atoms with Gasteiger partial charge < -0.3 is 4.90 Å². The van der Waals surface area contributed by atoms with Crippen LogP contribution in [0.5, 0.6) is 0 Å². The van der Waals surface area contributed by atoms with E-state index >= 15 is 0 Å². The minimum absolute atomic E-state index is 0.933. The number of nitrogens with zero attached hydrogens (tertiary/aromatic N) is 2. The first kappa shape index (κ1) is 11.9. The fraction of sp³-hybridized carbons (Fsp3) is 0.571. The molecule has 1 aromatic rings. The molecule has 2 aliphatic heterocycles. The van der Waals surface area contributed by atoms with E-state index in [1.165, 1.54) is 44.7 Å². The lowest BCUT2D eigenvalue weighted by atomic mass is 10.0. The van der Waals surface area contributed by atoms with Crippen LogP contribution in [0.4, 0.5) is 0 Å². The average Bonchev–Trinajstić information content (AvgIpc) is 2.84. The second kappa shape index (κ2) is 5.24. The molecule has 2 fully saturated rings. The Labute approximate surface area is 117 Å². The van der Waals surface area contributed by atoms with Crippen molar-refractivity contribution in [2.45, 2.75) is 6.42 Å². The van der Waals surface area contributed by atoms with Gasteiger partial charge in [-0.15, -0.1) is 0 Å². The molecule has 2 nitrogen and oxygen atoms in total. The number of halogens is 1. The number of fused-ring (bicyclic) bond motifs is 1. The summed E-state index contributed by atoms with van der Waals surface area (Å²) in [5.74, 6) is 1.87. The van der Waals surface area contributed by atoms with Crippen LogP contribution in [0.3, 0.4) is 0 Å². The van der Waals surface area contributed by atoms with Crippen LogP contribution in [0.25, 0.3) is 0 Å². The Kier molecular flexibility index (Phi) is 3.68. The Morgan fingerprint density at radius 2 is 1.65 bits per heavy atom.